The third-order valence-corrected chi connectivity index (χ3v) is 3.98. The van der Waals surface area contributed by atoms with E-state index in [4.69, 9.17) is 5.11 Å². The van der Waals surface area contributed by atoms with Crippen molar-refractivity contribution in [1.82, 2.24) is 14.5 Å². The molecule has 0 unspecified atom stereocenters. The number of hydrogen-bond acceptors (Lipinski definition) is 3. The van der Waals surface area contributed by atoms with Crippen LogP contribution in [0.4, 0.5) is 0 Å². The number of carboxylic acids is 1. The Bertz CT molecular complexity index is 736. The Morgan fingerprint density at radius 1 is 1.32 bits per heavy atom. The second-order valence-electron chi connectivity index (χ2n) is 5.29. The molecular weight excluding hydrogens is 282 g/mol. The van der Waals surface area contributed by atoms with Crippen LogP contribution >= 0.6 is 0 Å². The van der Waals surface area contributed by atoms with E-state index in [1.807, 2.05) is 6.33 Å². The van der Waals surface area contributed by atoms with Gasteiger partial charge in [-0.2, -0.15) is 0 Å². The molecule has 1 aliphatic rings. The molecule has 0 saturated carbocycles. The number of nitrogens with zero attached hydrogens (tertiary/aromatic N) is 3. The van der Waals surface area contributed by atoms with Crippen molar-refractivity contribution in [3.8, 4) is 0 Å². The highest BCUT2D eigenvalue weighted by Crippen LogP contribution is 2.20. The van der Waals surface area contributed by atoms with Gasteiger partial charge in [0.2, 0.25) is 0 Å². The molecular formula is C16H17N3O3. The quantitative estimate of drug-likeness (QED) is 0.937. The molecule has 0 atom stereocenters. The molecule has 3 rings (SSSR count). The predicted molar refractivity (Wildman–Crippen MR) is 79.7 cm³/mol. The van der Waals surface area contributed by atoms with Crippen molar-refractivity contribution in [2.75, 3.05) is 6.54 Å². The number of carboxylic acid groups (broad SMARTS) is 1. The number of hydrogen-bond donors (Lipinski definition) is 1. The van der Waals surface area contributed by atoms with Crippen molar-refractivity contribution in [2.45, 2.75) is 26.4 Å². The molecule has 1 aromatic heterocycles. The number of aryl methyl sites for hydroxylation is 1. The highest BCUT2D eigenvalue weighted by atomic mass is 16.4. The number of imidazole rings is 1. The highest BCUT2D eigenvalue weighted by Gasteiger charge is 2.25. The van der Waals surface area contributed by atoms with Crippen molar-refractivity contribution in [3.63, 3.8) is 0 Å². The minimum Gasteiger partial charge on any atom is -0.478 e. The topological polar surface area (TPSA) is 75.4 Å². The molecule has 22 heavy (non-hydrogen) atoms. The fourth-order valence-electron chi connectivity index (χ4n) is 2.78. The fourth-order valence-corrected chi connectivity index (χ4v) is 2.78. The van der Waals surface area contributed by atoms with Crippen molar-refractivity contribution in [2.24, 2.45) is 0 Å². The van der Waals surface area contributed by atoms with Crippen molar-refractivity contribution < 1.29 is 14.7 Å². The first-order valence-electron chi connectivity index (χ1n) is 7.25. The summed E-state index contributed by atoms with van der Waals surface area (Å²) in [6, 6.07) is 6.15. The average molecular weight is 299 g/mol. The molecule has 0 spiro atoms. The zero-order chi connectivity index (χ0) is 15.7. The normalized spacial score (nSPS) is 13.8. The number of rotatable bonds is 3. The summed E-state index contributed by atoms with van der Waals surface area (Å²) in [4.78, 5) is 29.7. The third kappa shape index (κ3) is 2.47. The molecule has 2 heterocycles. The molecule has 0 bridgehead atoms. The van der Waals surface area contributed by atoms with Gasteiger partial charge in [-0.05, 0) is 25.1 Å². The van der Waals surface area contributed by atoms with Gasteiger partial charge in [0.25, 0.3) is 5.91 Å². The van der Waals surface area contributed by atoms with Crippen LogP contribution in [0.5, 0.6) is 0 Å². The van der Waals surface area contributed by atoms with Gasteiger partial charge in [-0.15, -0.1) is 0 Å². The summed E-state index contributed by atoms with van der Waals surface area (Å²) in [5.41, 5.74) is 2.64. The van der Waals surface area contributed by atoms with Gasteiger partial charge in [-0.25, -0.2) is 9.78 Å². The van der Waals surface area contributed by atoms with E-state index in [1.54, 1.807) is 17.0 Å². The van der Waals surface area contributed by atoms with Gasteiger partial charge >= 0.3 is 5.97 Å². The van der Waals surface area contributed by atoms with Crippen LogP contribution in [0.3, 0.4) is 0 Å². The molecule has 0 fully saturated rings. The number of carbonyl (C=O) groups is 2. The summed E-state index contributed by atoms with van der Waals surface area (Å²) < 4.78 is 2.10. The first-order valence-corrected chi connectivity index (χ1v) is 7.25. The van der Waals surface area contributed by atoms with Crippen LogP contribution in [0.25, 0.3) is 0 Å². The van der Waals surface area contributed by atoms with E-state index in [0.29, 0.717) is 18.7 Å². The van der Waals surface area contributed by atoms with E-state index in [9.17, 15) is 9.59 Å². The number of fused-ring (bicyclic) bond motifs is 1. The van der Waals surface area contributed by atoms with Crippen molar-refractivity contribution in [3.05, 3.63) is 53.1 Å². The van der Waals surface area contributed by atoms with Gasteiger partial charge in [0.05, 0.1) is 24.1 Å². The van der Waals surface area contributed by atoms with Gasteiger partial charge in [0.15, 0.2) is 0 Å². The van der Waals surface area contributed by atoms with Crippen LogP contribution in [0.2, 0.25) is 0 Å². The lowest BCUT2D eigenvalue weighted by Gasteiger charge is -2.27. The van der Waals surface area contributed by atoms with Crippen molar-refractivity contribution in [1.29, 1.82) is 0 Å². The number of aromatic carboxylic acids is 1. The van der Waals surface area contributed by atoms with Crippen molar-refractivity contribution >= 4 is 11.9 Å². The van der Waals surface area contributed by atoms with Crippen LogP contribution < -0.4 is 0 Å². The summed E-state index contributed by atoms with van der Waals surface area (Å²) in [7, 11) is 0. The molecule has 1 amide bonds. The van der Waals surface area contributed by atoms with Gasteiger partial charge in [-0.1, -0.05) is 6.07 Å². The number of amides is 1. The lowest BCUT2D eigenvalue weighted by atomic mass is 10.1. The lowest BCUT2D eigenvalue weighted by molar-refractivity contribution is 0.0697. The maximum Gasteiger partial charge on any atom is 0.335 e. The maximum absolute atomic E-state index is 12.6. The molecule has 1 aliphatic heterocycles. The van der Waals surface area contributed by atoms with Gasteiger partial charge < -0.3 is 14.6 Å². The fraction of sp³-hybridized carbons (Fsp3) is 0.312. The summed E-state index contributed by atoms with van der Waals surface area (Å²) in [6.45, 7) is 4.03. The molecule has 2 aromatic rings. The van der Waals surface area contributed by atoms with E-state index in [2.05, 4.69) is 16.5 Å². The van der Waals surface area contributed by atoms with Crippen LogP contribution in [0.15, 0.2) is 30.6 Å². The molecule has 0 radical (unpaired) electrons. The summed E-state index contributed by atoms with van der Waals surface area (Å²) >= 11 is 0. The standard InChI is InChI=1S/C16H17N3O3/c1-2-18-10-17-13-9-19(7-6-14(13)18)15(20)11-4-3-5-12(8-11)16(21)22/h3-5,8,10H,2,6-7,9H2,1H3,(H,21,22). The zero-order valence-corrected chi connectivity index (χ0v) is 12.3. The largest absolute Gasteiger partial charge is 0.478 e. The van der Waals surface area contributed by atoms with Crippen LogP contribution in [-0.2, 0) is 19.5 Å². The second kappa shape index (κ2) is 5.63. The lowest BCUT2D eigenvalue weighted by Crippen LogP contribution is -2.36. The predicted octanol–water partition coefficient (Wildman–Crippen LogP) is 1.80. The number of benzene rings is 1. The number of carbonyl (C=O) groups excluding carboxylic acids is 1. The van der Waals surface area contributed by atoms with E-state index < -0.39 is 5.97 Å². The Hall–Kier alpha value is -2.63. The molecule has 0 aliphatic carbocycles. The zero-order valence-electron chi connectivity index (χ0n) is 12.3. The van der Waals surface area contributed by atoms with Crippen LogP contribution in [-0.4, -0.2) is 38.0 Å². The van der Waals surface area contributed by atoms with E-state index in [0.717, 1.165) is 18.7 Å². The summed E-state index contributed by atoms with van der Waals surface area (Å²) in [5.74, 6) is -1.18. The first-order chi connectivity index (χ1) is 10.6. The highest BCUT2D eigenvalue weighted by molar-refractivity contribution is 5.97. The molecule has 1 N–H and O–H groups in total. The van der Waals surface area contributed by atoms with Crippen LogP contribution in [0.1, 0.15) is 39.0 Å². The smallest absolute Gasteiger partial charge is 0.335 e. The molecule has 0 saturated heterocycles. The van der Waals surface area contributed by atoms with Crippen LogP contribution in [0, 0.1) is 0 Å². The van der Waals surface area contributed by atoms with E-state index in [1.165, 1.54) is 17.8 Å². The molecule has 114 valence electrons. The first kappa shape index (κ1) is 14.3. The summed E-state index contributed by atoms with van der Waals surface area (Å²) in [6.07, 6.45) is 2.58. The van der Waals surface area contributed by atoms with E-state index in [-0.39, 0.29) is 11.5 Å². The SMILES string of the molecule is CCn1cnc2c1CCN(C(=O)c1cccc(C(=O)O)c1)C2. The minimum atomic E-state index is -1.03. The summed E-state index contributed by atoms with van der Waals surface area (Å²) in [5, 5.41) is 9.02. The second-order valence-corrected chi connectivity index (χ2v) is 5.29. The molecule has 6 nitrogen and oxygen atoms in total. The Morgan fingerprint density at radius 2 is 2.09 bits per heavy atom. The number of aromatic nitrogens is 2. The van der Waals surface area contributed by atoms with Gasteiger partial charge in [-0.3, -0.25) is 4.79 Å². The average Bonchev–Trinajstić information content (AvgIpc) is 2.96. The third-order valence-electron chi connectivity index (χ3n) is 3.98. The monoisotopic (exact) mass is 299 g/mol. The minimum absolute atomic E-state index is 0.124. The molecule has 1 aromatic carbocycles. The Kier molecular flexibility index (Phi) is 3.66. The van der Waals surface area contributed by atoms with Gasteiger partial charge in [0.1, 0.15) is 0 Å². The van der Waals surface area contributed by atoms with Gasteiger partial charge in [0, 0.05) is 30.8 Å². The van der Waals surface area contributed by atoms with E-state index >= 15 is 0 Å². The molecule has 6 heteroatoms. The Morgan fingerprint density at radius 3 is 2.82 bits per heavy atom. The maximum atomic E-state index is 12.6. The Balaban J connectivity index is 1.82. The Labute approximate surface area is 128 Å².